The van der Waals surface area contributed by atoms with Crippen LogP contribution in [-0.4, -0.2) is 48.6 Å². The zero-order valence-corrected chi connectivity index (χ0v) is 14.3. The molecule has 2 rings (SSSR count). The predicted molar refractivity (Wildman–Crippen MR) is 97.9 cm³/mol. The van der Waals surface area contributed by atoms with Crippen molar-refractivity contribution in [2.24, 2.45) is 0 Å². The molecule has 0 spiro atoms. The fourth-order valence-corrected chi connectivity index (χ4v) is 2.16. The Morgan fingerprint density at radius 3 is 2.48 bits per heavy atom. The Labute approximate surface area is 139 Å². The van der Waals surface area contributed by atoms with Crippen LogP contribution in [0.25, 0.3) is 11.3 Å². The van der Waals surface area contributed by atoms with Crippen LogP contribution in [0.3, 0.4) is 0 Å². The summed E-state index contributed by atoms with van der Waals surface area (Å²) in [6.45, 7) is 4.89. The van der Waals surface area contributed by atoms with Crippen molar-refractivity contribution in [3.8, 4) is 11.3 Å². The van der Waals surface area contributed by atoms with Gasteiger partial charge in [0.25, 0.3) is 0 Å². The third-order valence-corrected chi connectivity index (χ3v) is 3.47. The third-order valence-electron chi connectivity index (χ3n) is 3.47. The molecular formula is C18H27N5. The van der Waals surface area contributed by atoms with E-state index in [0.29, 0.717) is 5.95 Å². The first kappa shape index (κ1) is 17.2. The van der Waals surface area contributed by atoms with Gasteiger partial charge < -0.3 is 15.5 Å². The van der Waals surface area contributed by atoms with Crippen LogP contribution in [0.15, 0.2) is 36.4 Å². The molecule has 0 aliphatic carbocycles. The van der Waals surface area contributed by atoms with Gasteiger partial charge in [-0.25, -0.2) is 4.98 Å². The van der Waals surface area contributed by atoms with E-state index in [-0.39, 0.29) is 0 Å². The predicted octanol–water partition coefficient (Wildman–Crippen LogP) is 3.33. The van der Waals surface area contributed by atoms with Crippen LogP contribution in [0.2, 0.25) is 0 Å². The molecule has 5 heteroatoms. The molecule has 0 saturated carbocycles. The van der Waals surface area contributed by atoms with Gasteiger partial charge in [-0.1, -0.05) is 43.7 Å². The summed E-state index contributed by atoms with van der Waals surface area (Å²) < 4.78 is 0. The Kier molecular flexibility index (Phi) is 6.81. The second kappa shape index (κ2) is 9.10. The lowest BCUT2D eigenvalue weighted by Gasteiger charge is -2.13. The van der Waals surface area contributed by atoms with Gasteiger partial charge in [0, 0.05) is 31.3 Å². The van der Waals surface area contributed by atoms with E-state index < -0.39 is 0 Å². The minimum absolute atomic E-state index is 0.687. The van der Waals surface area contributed by atoms with Gasteiger partial charge in [-0.05, 0) is 20.5 Å². The van der Waals surface area contributed by atoms with Crippen LogP contribution in [-0.2, 0) is 0 Å². The summed E-state index contributed by atoms with van der Waals surface area (Å²) in [5, 5.41) is 6.71. The Balaban J connectivity index is 2.17. The lowest BCUT2D eigenvalue weighted by atomic mass is 10.1. The molecule has 1 heterocycles. The van der Waals surface area contributed by atoms with Gasteiger partial charge in [0.1, 0.15) is 5.82 Å². The van der Waals surface area contributed by atoms with Gasteiger partial charge in [0.2, 0.25) is 5.95 Å². The molecule has 2 aromatic rings. The molecule has 0 saturated heterocycles. The van der Waals surface area contributed by atoms with Crippen molar-refractivity contribution in [1.82, 2.24) is 14.9 Å². The minimum Gasteiger partial charge on any atom is -0.369 e. The maximum Gasteiger partial charge on any atom is 0.225 e. The first-order chi connectivity index (χ1) is 11.2. The number of unbranched alkanes of at least 4 members (excludes halogenated alkanes) is 1. The monoisotopic (exact) mass is 313 g/mol. The first-order valence-electron chi connectivity index (χ1n) is 8.26. The summed E-state index contributed by atoms with van der Waals surface area (Å²) >= 11 is 0. The van der Waals surface area contributed by atoms with E-state index in [4.69, 9.17) is 0 Å². The molecule has 0 atom stereocenters. The highest BCUT2D eigenvalue weighted by molar-refractivity contribution is 5.64. The molecule has 0 amide bonds. The van der Waals surface area contributed by atoms with Gasteiger partial charge in [-0.15, -0.1) is 0 Å². The smallest absolute Gasteiger partial charge is 0.225 e. The van der Waals surface area contributed by atoms with Crippen LogP contribution >= 0.6 is 0 Å². The summed E-state index contributed by atoms with van der Waals surface area (Å²) in [4.78, 5) is 11.4. The topological polar surface area (TPSA) is 53.1 Å². The van der Waals surface area contributed by atoms with E-state index in [2.05, 4.69) is 58.7 Å². The van der Waals surface area contributed by atoms with E-state index in [1.165, 1.54) is 0 Å². The fourth-order valence-electron chi connectivity index (χ4n) is 2.16. The minimum atomic E-state index is 0.687. The zero-order valence-electron chi connectivity index (χ0n) is 14.3. The number of hydrogen-bond donors (Lipinski definition) is 2. The van der Waals surface area contributed by atoms with Crippen molar-refractivity contribution < 1.29 is 0 Å². The number of nitrogens with one attached hydrogen (secondary N) is 2. The Bertz CT molecular complexity index is 583. The van der Waals surface area contributed by atoms with Crippen LogP contribution in [0, 0.1) is 0 Å². The van der Waals surface area contributed by atoms with Gasteiger partial charge in [-0.2, -0.15) is 4.98 Å². The summed E-state index contributed by atoms with van der Waals surface area (Å²) in [6.07, 6.45) is 2.27. The molecule has 124 valence electrons. The summed E-state index contributed by atoms with van der Waals surface area (Å²) in [5.74, 6) is 1.55. The molecule has 0 aliphatic rings. The quantitative estimate of drug-likeness (QED) is 0.696. The molecular weight excluding hydrogens is 286 g/mol. The van der Waals surface area contributed by atoms with Gasteiger partial charge in [0.05, 0.1) is 5.69 Å². The van der Waals surface area contributed by atoms with Crippen LogP contribution in [0.1, 0.15) is 19.8 Å². The van der Waals surface area contributed by atoms with Crippen molar-refractivity contribution in [2.75, 3.05) is 44.4 Å². The molecule has 0 bridgehead atoms. The molecule has 23 heavy (non-hydrogen) atoms. The van der Waals surface area contributed by atoms with Crippen molar-refractivity contribution in [3.05, 3.63) is 36.4 Å². The Morgan fingerprint density at radius 2 is 1.78 bits per heavy atom. The molecule has 1 aromatic heterocycles. The highest BCUT2D eigenvalue weighted by Gasteiger charge is 2.06. The highest BCUT2D eigenvalue weighted by Crippen LogP contribution is 2.21. The molecule has 0 unspecified atom stereocenters. The lowest BCUT2D eigenvalue weighted by Crippen LogP contribution is -2.21. The number of hydrogen-bond acceptors (Lipinski definition) is 5. The molecule has 0 radical (unpaired) electrons. The number of nitrogens with zero attached hydrogens (tertiary/aromatic N) is 3. The second-order valence-corrected chi connectivity index (χ2v) is 5.84. The van der Waals surface area contributed by atoms with E-state index in [1.54, 1.807) is 0 Å². The van der Waals surface area contributed by atoms with E-state index in [9.17, 15) is 0 Å². The van der Waals surface area contributed by atoms with Gasteiger partial charge >= 0.3 is 0 Å². The average Bonchev–Trinajstić information content (AvgIpc) is 2.55. The zero-order chi connectivity index (χ0) is 16.5. The summed E-state index contributed by atoms with van der Waals surface area (Å²) in [7, 11) is 4.13. The van der Waals surface area contributed by atoms with Crippen molar-refractivity contribution in [3.63, 3.8) is 0 Å². The van der Waals surface area contributed by atoms with Crippen molar-refractivity contribution in [1.29, 1.82) is 0 Å². The number of likely N-dealkylation sites (N-methyl/N-ethyl adjacent to an activating group) is 1. The Hall–Kier alpha value is -2.14. The van der Waals surface area contributed by atoms with E-state index >= 15 is 0 Å². The van der Waals surface area contributed by atoms with E-state index in [0.717, 1.165) is 49.6 Å². The van der Waals surface area contributed by atoms with Crippen LogP contribution < -0.4 is 10.6 Å². The largest absolute Gasteiger partial charge is 0.369 e. The number of rotatable bonds is 9. The maximum atomic E-state index is 4.65. The molecule has 5 nitrogen and oxygen atoms in total. The number of anilines is 2. The standard InChI is InChI=1S/C18H27N5/c1-4-5-11-20-18-21-16(15-9-7-6-8-10-15)14-17(22-18)19-12-13-23(2)3/h6-10,14H,4-5,11-13H2,1-3H3,(H2,19,20,21,22). The third kappa shape index (κ3) is 5.87. The van der Waals surface area contributed by atoms with Gasteiger partial charge in [-0.3, -0.25) is 0 Å². The average molecular weight is 313 g/mol. The van der Waals surface area contributed by atoms with E-state index in [1.807, 2.05) is 24.3 Å². The van der Waals surface area contributed by atoms with Crippen LogP contribution in [0.5, 0.6) is 0 Å². The number of aromatic nitrogens is 2. The SMILES string of the molecule is CCCCNc1nc(NCCN(C)C)cc(-c2ccccc2)n1. The normalized spacial score (nSPS) is 10.8. The Morgan fingerprint density at radius 1 is 1.00 bits per heavy atom. The second-order valence-electron chi connectivity index (χ2n) is 5.84. The van der Waals surface area contributed by atoms with Crippen molar-refractivity contribution in [2.45, 2.75) is 19.8 Å². The molecule has 2 N–H and O–H groups in total. The maximum absolute atomic E-state index is 4.65. The summed E-state index contributed by atoms with van der Waals surface area (Å²) in [6, 6.07) is 12.2. The molecule has 0 aliphatic heterocycles. The lowest BCUT2D eigenvalue weighted by molar-refractivity contribution is 0.425. The number of benzene rings is 1. The van der Waals surface area contributed by atoms with Crippen LogP contribution in [0.4, 0.5) is 11.8 Å². The highest BCUT2D eigenvalue weighted by atomic mass is 15.2. The fraction of sp³-hybridized carbons (Fsp3) is 0.444. The summed E-state index contributed by atoms with van der Waals surface area (Å²) in [5.41, 5.74) is 2.04. The molecule has 0 fully saturated rings. The molecule has 1 aromatic carbocycles. The van der Waals surface area contributed by atoms with Gasteiger partial charge in [0.15, 0.2) is 0 Å². The first-order valence-corrected chi connectivity index (χ1v) is 8.26. The van der Waals surface area contributed by atoms with Crippen molar-refractivity contribution >= 4 is 11.8 Å².